The van der Waals surface area contributed by atoms with Crippen LogP contribution >= 0.6 is 11.3 Å². The van der Waals surface area contributed by atoms with E-state index in [0.717, 1.165) is 21.8 Å². The molecule has 0 fully saturated rings. The molecule has 3 heterocycles. The van der Waals surface area contributed by atoms with Crippen LogP contribution in [0.5, 0.6) is 0 Å². The van der Waals surface area contributed by atoms with Crippen LogP contribution < -0.4 is 5.56 Å². The lowest BCUT2D eigenvalue weighted by Crippen LogP contribution is -2.33. The number of amides is 1. The molecular weight excluding hydrogens is 434 g/mol. The third-order valence-corrected chi connectivity index (χ3v) is 6.31. The van der Waals surface area contributed by atoms with Crippen LogP contribution in [0.1, 0.15) is 5.56 Å². The highest BCUT2D eigenvalue weighted by Gasteiger charge is 2.18. The van der Waals surface area contributed by atoms with Crippen LogP contribution in [0.4, 0.5) is 0 Å². The Bertz CT molecular complexity index is 1470. The fourth-order valence-electron chi connectivity index (χ4n) is 3.69. The van der Waals surface area contributed by atoms with E-state index >= 15 is 0 Å². The lowest BCUT2D eigenvalue weighted by Gasteiger charge is -2.17. The summed E-state index contributed by atoms with van der Waals surface area (Å²) in [5, 5.41) is 7.30. The summed E-state index contributed by atoms with van der Waals surface area (Å²) in [5.41, 5.74) is 3.12. The Balaban J connectivity index is 1.41. The lowest BCUT2D eigenvalue weighted by atomic mass is 10.2. The summed E-state index contributed by atoms with van der Waals surface area (Å²) in [6, 6.07) is 21.0. The predicted octanol–water partition coefficient (Wildman–Crippen LogP) is 3.97. The Labute approximate surface area is 194 Å². The topological polar surface area (TPSA) is 73.0 Å². The molecule has 8 heteroatoms. The van der Waals surface area contributed by atoms with Crippen molar-refractivity contribution >= 4 is 28.1 Å². The van der Waals surface area contributed by atoms with Gasteiger partial charge in [0.25, 0.3) is 5.56 Å². The number of para-hydroxylation sites is 2. The average Bonchev–Trinajstić information content (AvgIpc) is 3.52. The summed E-state index contributed by atoms with van der Waals surface area (Å²) in [5.74, 6) is -0.182. The highest BCUT2D eigenvalue weighted by atomic mass is 32.1. The second-order valence-corrected chi connectivity index (χ2v) is 8.65. The maximum absolute atomic E-state index is 13.0. The second kappa shape index (κ2) is 8.84. The minimum atomic E-state index is -0.224. The number of aromatic nitrogens is 4. The van der Waals surface area contributed by atoms with Crippen molar-refractivity contribution in [3.05, 3.63) is 101 Å². The van der Waals surface area contributed by atoms with Gasteiger partial charge in [-0.15, -0.1) is 11.3 Å². The Morgan fingerprint density at radius 2 is 1.82 bits per heavy atom. The van der Waals surface area contributed by atoms with Crippen LogP contribution in [0.15, 0.2) is 89.4 Å². The molecule has 2 aromatic carbocycles. The summed E-state index contributed by atoms with van der Waals surface area (Å²) in [6.07, 6.45) is 3.39. The average molecular weight is 456 g/mol. The monoisotopic (exact) mass is 455 g/mol. The molecule has 0 aliphatic heterocycles. The van der Waals surface area contributed by atoms with Gasteiger partial charge in [0.05, 0.1) is 27.8 Å². The van der Waals surface area contributed by atoms with Crippen LogP contribution in [-0.4, -0.2) is 37.2 Å². The molecule has 5 rings (SSSR count). The van der Waals surface area contributed by atoms with E-state index in [2.05, 4.69) is 4.98 Å². The Kier molecular flexibility index (Phi) is 5.58. The molecule has 0 unspecified atom stereocenters. The second-order valence-electron chi connectivity index (χ2n) is 7.70. The number of carbonyl (C=O) groups is 1. The van der Waals surface area contributed by atoms with E-state index < -0.39 is 0 Å². The summed E-state index contributed by atoms with van der Waals surface area (Å²) >= 11 is 1.61. The highest BCUT2D eigenvalue weighted by Crippen LogP contribution is 2.28. The first kappa shape index (κ1) is 20.8. The van der Waals surface area contributed by atoms with Crippen molar-refractivity contribution in [1.82, 2.24) is 24.2 Å². The first-order valence-corrected chi connectivity index (χ1v) is 11.3. The standard InChI is InChI=1S/C25H21N5O2S/c1-28(23(31)16-29-17-26-21-11-6-5-10-20(21)25(29)32)14-18-15-30(19-8-3-2-4-9-19)27-24(18)22-12-7-13-33-22/h2-13,15,17H,14,16H2,1H3. The van der Waals surface area contributed by atoms with E-state index in [4.69, 9.17) is 5.10 Å². The zero-order valence-corrected chi connectivity index (χ0v) is 18.8. The first-order valence-electron chi connectivity index (χ1n) is 10.5. The van der Waals surface area contributed by atoms with Crippen molar-refractivity contribution in [2.75, 3.05) is 7.05 Å². The fraction of sp³-hybridized carbons (Fsp3) is 0.120. The predicted molar refractivity (Wildman–Crippen MR) is 129 cm³/mol. The third-order valence-electron chi connectivity index (χ3n) is 5.44. The quantitative estimate of drug-likeness (QED) is 0.388. The van der Waals surface area contributed by atoms with Crippen molar-refractivity contribution < 1.29 is 4.79 Å². The number of benzene rings is 2. The van der Waals surface area contributed by atoms with Gasteiger partial charge in [-0.05, 0) is 35.7 Å². The summed E-state index contributed by atoms with van der Waals surface area (Å²) in [7, 11) is 1.74. The molecule has 0 radical (unpaired) electrons. The normalized spacial score (nSPS) is 11.1. The van der Waals surface area contributed by atoms with Gasteiger partial charge in [0.15, 0.2) is 0 Å². The van der Waals surface area contributed by atoms with E-state index in [0.29, 0.717) is 17.4 Å². The van der Waals surface area contributed by atoms with Crippen molar-refractivity contribution in [2.45, 2.75) is 13.1 Å². The van der Waals surface area contributed by atoms with Crippen molar-refractivity contribution in [2.24, 2.45) is 0 Å². The molecule has 33 heavy (non-hydrogen) atoms. The molecule has 0 atom stereocenters. The first-order chi connectivity index (χ1) is 16.1. The van der Waals surface area contributed by atoms with Gasteiger partial charge in [0.2, 0.25) is 5.91 Å². The number of hydrogen-bond donors (Lipinski definition) is 0. The molecule has 164 valence electrons. The zero-order chi connectivity index (χ0) is 22.8. The molecule has 0 aliphatic carbocycles. The van der Waals surface area contributed by atoms with Gasteiger partial charge in [-0.1, -0.05) is 36.4 Å². The Morgan fingerprint density at radius 3 is 2.61 bits per heavy atom. The van der Waals surface area contributed by atoms with Crippen molar-refractivity contribution in [1.29, 1.82) is 0 Å². The maximum Gasteiger partial charge on any atom is 0.261 e. The van der Waals surface area contributed by atoms with Gasteiger partial charge in [-0.25, -0.2) is 9.67 Å². The third kappa shape index (κ3) is 4.20. The van der Waals surface area contributed by atoms with Crippen molar-refractivity contribution in [3.8, 4) is 16.3 Å². The van der Waals surface area contributed by atoms with Gasteiger partial charge in [-0.2, -0.15) is 5.10 Å². The fourth-order valence-corrected chi connectivity index (χ4v) is 4.43. The molecule has 0 N–H and O–H groups in total. The van der Waals surface area contributed by atoms with E-state index in [-0.39, 0.29) is 18.0 Å². The molecule has 0 saturated carbocycles. The molecule has 1 amide bonds. The number of carbonyl (C=O) groups excluding carboxylic acids is 1. The van der Waals surface area contributed by atoms with Crippen LogP contribution in [0.25, 0.3) is 27.2 Å². The van der Waals surface area contributed by atoms with E-state index in [9.17, 15) is 9.59 Å². The number of thiophene rings is 1. The molecule has 0 aliphatic rings. The van der Waals surface area contributed by atoms with E-state index in [1.54, 1.807) is 41.5 Å². The van der Waals surface area contributed by atoms with Crippen LogP contribution in [-0.2, 0) is 17.9 Å². The number of hydrogen-bond acceptors (Lipinski definition) is 5. The largest absolute Gasteiger partial charge is 0.340 e. The highest BCUT2D eigenvalue weighted by molar-refractivity contribution is 7.13. The SMILES string of the molecule is CN(Cc1cn(-c2ccccc2)nc1-c1cccs1)C(=O)Cn1cnc2ccccc2c1=O. The number of nitrogens with zero attached hydrogens (tertiary/aromatic N) is 5. The molecule has 0 saturated heterocycles. The molecule has 3 aromatic heterocycles. The summed E-state index contributed by atoms with van der Waals surface area (Å²) < 4.78 is 3.19. The van der Waals surface area contributed by atoms with Gasteiger partial charge in [0, 0.05) is 25.4 Å². The van der Waals surface area contributed by atoms with Crippen LogP contribution in [0, 0.1) is 0 Å². The van der Waals surface area contributed by atoms with Crippen LogP contribution in [0.2, 0.25) is 0 Å². The molecule has 5 aromatic rings. The number of likely N-dealkylation sites (N-methyl/N-ethyl adjacent to an activating group) is 1. The smallest absolute Gasteiger partial charge is 0.261 e. The zero-order valence-electron chi connectivity index (χ0n) is 18.0. The van der Waals surface area contributed by atoms with Crippen LogP contribution in [0.3, 0.4) is 0 Å². The van der Waals surface area contributed by atoms with Gasteiger partial charge >= 0.3 is 0 Å². The molecule has 7 nitrogen and oxygen atoms in total. The van der Waals surface area contributed by atoms with E-state index in [1.165, 1.54) is 10.9 Å². The molecule has 0 bridgehead atoms. The van der Waals surface area contributed by atoms with Gasteiger partial charge in [-0.3, -0.25) is 14.2 Å². The summed E-state index contributed by atoms with van der Waals surface area (Å²) in [4.78, 5) is 32.7. The lowest BCUT2D eigenvalue weighted by molar-refractivity contribution is -0.131. The van der Waals surface area contributed by atoms with Gasteiger partial charge in [0.1, 0.15) is 12.2 Å². The minimum Gasteiger partial charge on any atom is -0.340 e. The van der Waals surface area contributed by atoms with Gasteiger partial charge < -0.3 is 4.90 Å². The summed E-state index contributed by atoms with van der Waals surface area (Å²) in [6.45, 7) is 0.295. The number of fused-ring (bicyclic) bond motifs is 1. The van der Waals surface area contributed by atoms with Crippen molar-refractivity contribution in [3.63, 3.8) is 0 Å². The Hall–Kier alpha value is -4.04. The molecule has 0 spiro atoms. The number of rotatable bonds is 6. The minimum absolute atomic E-state index is 0.0751. The maximum atomic E-state index is 13.0. The van der Waals surface area contributed by atoms with E-state index in [1.807, 2.05) is 64.8 Å². The molecular formula is C25H21N5O2S. The Morgan fingerprint density at radius 1 is 1.03 bits per heavy atom.